The summed E-state index contributed by atoms with van der Waals surface area (Å²) in [5, 5.41) is 10.3. The standard InChI is InChI=1S/C19H13BFN3O3/c1-9(25)16-17(12-4-2-10(20)6-13(12)21)24(19(27)18(16)26)11-3-5-14-15(7-11)23-8-22-14/h2-8,17,26H,1H3,(H,22,23). The fourth-order valence-electron chi connectivity index (χ4n) is 3.36. The summed E-state index contributed by atoms with van der Waals surface area (Å²) in [5.74, 6) is -2.66. The van der Waals surface area contributed by atoms with Crippen LogP contribution >= 0.6 is 0 Å². The maximum Gasteiger partial charge on any atom is 0.294 e. The molecule has 0 saturated carbocycles. The van der Waals surface area contributed by atoms with Gasteiger partial charge in [-0.3, -0.25) is 14.5 Å². The van der Waals surface area contributed by atoms with Crippen molar-refractivity contribution in [3.8, 4) is 0 Å². The zero-order chi connectivity index (χ0) is 19.3. The van der Waals surface area contributed by atoms with Crippen LogP contribution in [0.5, 0.6) is 0 Å². The normalized spacial score (nSPS) is 17.2. The van der Waals surface area contributed by atoms with Gasteiger partial charge in [0, 0.05) is 11.3 Å². The van der Waals surface area contributed by atoms with Gasteiger partial charge in [-0.15, -0.1) is 0 Å². The second-order valence-electron chi connectivity index (χ2n) is 6.28. The first-order valence-electron chi connectivity index (χ1n) is 8.14. The Bertz CT molecular complexity index is 1140. The van der Waals surface area contributed by atoms with Gasteiger partial charge in [0.15, 0.2) is 11.5 Å². The van der Waals surface area contributed by atoms with E-state index < -0.39 is 29.3 Å². The molecule has 8 heteroatoms. The largest absolute Gasteiger partial charge is 0.503 e. The van der Waals surface area contributed by atoms with E-state index in [1.165, 1.54) is 30.3 Å². The maximum atomic E-state index is 14.6. The molecule has 1 aliphatic rings. The number of aromatic nitrogens is 2. The number of hydrogen-bond acceptors (Lipinski definition) is 4. The number of hydrogen-bond donors (Lipinski definition) is 2. The van der Waals surface area contributed by atoms with Crippen molar-refractivity contribution in [2.24, 2.45) is 0 Å². The Morgan fingerprint density at radius 2 is 2.07 bits per heavy atom. The molecule has 1 atom stereocenters. The van der Waals surface area contributed by atoms with Crippen molar-refractivity contribution >= 4 is 41.7 Å². The van der Waals surface area contributed by atoms with Gasteiger partial charge in [0.05, 0.1) is 29.0 Å². The minimum Gasteiger partial charge on any atom is -0.503 e. The van der Waals surface area contributed by atoms with Crippen molar-refractivity contribution < 1.29 is 19.1 Å². The number of rotatable bonds is 3. The number of ketones is 1. The van der Waals surface area contributed by atoms with Crippen LogP contribution < -0.4 is 10.4 Å². The molecule has 2 heterocycles. The lowest BCUT2D eigenvalue weighted by Gasteiger charge is -2.27. The van der Waals surface area contributed by atoms with Crippen LogP contribution in [0.3, 0.4) is 0 Å². The van der Waals surface area contributed by atoms with Crippen molar-refractivity contribution in [1.82, 2.24) is 9.97 Å². The van der Waals surface area contributed by atoms with Crippen LogP contribution in [0.15, 0.2) is 54.1 Å². The zero-order valence-corrected chi connectivity index (χ0v) is 14.2. The molecular weight excluding hydrogens is 348 g/mol. The van der Waals surface area contributed by atoms with E-state index in [-0.39, 0.29) is 16.6 Å². The lowest BCUT2D eigenvalue weighted by atomic mass is 9.90. The first-order chi connectivity index (χ1) is 12.9. The first kappa shape index (κ1) is 17.0. The van der Waals surface area contributed by atoms with Gasteiger partial charge in [-0.25, -0.2) is 9.37 Å². The van der Waals surface area contributed by atoms with Gasteiger partial charge in [-0.2, -0.15) is 0 Å². The molecule has 2 aromatic carbocycles. The number of carbonyl (C=O) groups excluding carboxylic acids is 2. The van der Waals surface area contributed by atoms with Gasteiger partial charge in [-0.1, -0.05) is 17.6 Å². The predicted octanol–water partition coefficient (Wildman–Crippen LogP) is 1.98. The number of H-pyrrole nitrogens is 1. The number of imidazole rings is 1. The number of benzene rings is 2. The van der Waals surface area contributed by atoms with Crippen LogP contribution in [0, 0.1) is 5.82 Å². The van der Waals surface area contributed by atoms with Crippen LogP contribution in [0.25, 0.3) is 11.0 Å². The van der Waals surface area contributed by atoms with E-state index in [1.54, 1.807) is 18.2 Å². The Labute approximate surface area is 154 Å². The van der Waals surface area contributed by atoms with Crippen LogP contribution in [0.4, 0.5) is 10.1 Å². The van der Waals surface area contributed by atoms with Gasteiger partial charge >= 0.3 is 0 Å². The first-order valence-corrected chi connectivity index (χ1v) is 8.14. The number of Topliss-reactive ketones (excluding diaryl/α,β-unsaturated/α-hetero) is 1. The number of aromatic amines is 1. The summed E-state index contributed by atoms with van der Waals surface area (Å²) in [4.78, 5) is 33.1. The highest BCUT2D eigenvalue weighted by molar-refractivity contribution is 6.32. The summed E-state index contributed by atoms with van der Waals surface area (Å²) in [7, 11) is 5.61. The van der Waals surface area contributed by atoms with Gasteiger partial charge in [0.2, 0.25) is 0 Å². The zero-order valence-electron chi connectivity index (χ0n) is 14.2. The van der Waals surface area contributed by atoms with E-state index in [1.807, 2.05) is 0 Å². The lowest BCUT2D eigenvalue weighted by molar-refractivity contribution is -0.117. The number of carbonyl (C=O) groups is 2. The van der Waals surface area contributed by atoms with Crippen LogP contribution in [-0.2, 0) is 9.59 Å². The molecule has 1 aromatic heterocycles. The summed E-state index contributed by atoms with van der Waals surface area (Å²) >= 11 is 0. The Balaban J connectivity index is 1.93. The molecule has 0 fully saturated rings. The Morgan fingerprint density at radius 1 is 1.30 bits per heavy atom. The summed E-state index contributed by atoms with van der Waals surface area (Å²) in [6, 6.07) is 7.86. The third kappa shape index (κ3) is 2.61. The smallest absolute Gasteiger partial charge is 0.294 e. The minimum absolute atomic E-state index is 0.0662. The van der Waals surface area contributed by atoms with Gasteiger partial charge in [0.25, 0.3) is 5.91 Å². The topological polar surface area (TPSA) is 86.3 Å². The van der Waals surface area contributed by atoms with E-state index in [0.717, 1.165) is 6.07 Å². The number of aliphatic hydroxyl groups is 1. The Morgan fingerprint density at radius 3 is 2.78 bits per heavy atom. The van der Waals surface area contributed by atoms with Crippen molar-refractivity contribution in [2.45, 2.75) is 13.0 Å². The van der Waals surface area contributed by atoms with Crippen molar-refractivity contribution in [2.75, 3.05) is 4.90 Å². The maximum absolute atomic E-state index is 14.6. The molecule has 0 saturated heterocycles. The molecule has 0 spiro atoms. The van der Waals surface area contributed by atoms with E-state index >= 15 is 0 Å². The Hall–Kier alpha value is -3.42. The molecular formula is C19H13BFN3O3. The predicted molar refractivity (Wildman–Crippen MR) is 98.4 cm³/mol. The highest BCUT2D eigenvalue weighted by atomic mass is 19.1. The summed E-state index contributed by atoms with van der Waals surface area (Å²) < 4.78 is 14.6. The second kappa shape index (κ2) is 6.08. The molecule has 1 amide bonds. The fraction of sp³-hybridized carbons (Fsp3) is 0.105. The molecule has 2 N–H and O–H groups in total. The van der Waals surface area contributed by atoms with Crippen LogP contribution in [0.1, 0.15) is 18.5 Å². The SMILES string of the molecule is [B]c1ccc(C2C(C(C)=O)=C(O)C(=O)N2c2ccc3nc[nH]c3c2)c(F)c1. The number of nitrogens with one attached hydrogen (secondary N) is 1. The van der Waals surface area contributed by atoms with E-state index in [9.17, 15) is 19.1 Å². The average molecular weight is 361 g/mol. The molecule has 6 nitrogen and oxygen atoms in total. The average Bonchev–Trinajstić information content (AvgIpc) is 3.17. The van der Waals surface area contributed by atoms with E-state index in [4.69, 9.17) is 7.85 Å². The number of halogens is 1. The third-order valence-electron chi connectivity index (χ3n) is 4.59. The summed E-state index contributed by atoms with van der Waals surface area (Å²) in [6.45, 7) is 1.22. The lowest BCUT2D eigenvalue weighted by Crippen LogP contribution is -2.31. The molecule has 1 aliphatic heterocycles. The van der Waals surface area contributed by atoms with Gasteiger partial charge in [0.1, 0.15) is 13.7 Å². The number of amides is 1. The Kier molecular flexibility index (Phi) is 3.84. The molecule has 132 valence electrons. The van der Waals surface area contributed by atoms with Gasteiger partial charge in [-0.05, 0) is 31.2 Å². The molecule has 3 aromatic rings. The van der Waals surface area contributed by atoms with Crippen molar-refractivity contribution in [3.05, 3.63) is 65.4 Å². The van der Waals surface area contributed by atoms with Crippen LogP contribution in [-0.4, -0.2) is 34.6 Å². The summed E-state index contributed by atoms with van der Waals surface area (Å²) in [6.07, 6.45) is 1.51. The molecule has 2 radical (unpaired) electrons. The quantitative estimate of drug-likeness (QED) is 0.699. The highest BCUT2D eigenvalue weighted by Gasteiger charge is 2.44. The van der Waals surface area contributed by atoms with Gasteiger partial charge < -0.3 is 10.1 Å². The molecule has 4 rings (SSSR count). The number of aliphatic hydroxyl groups excluding tert-OH is 1. The summed E-state index contributed by atoms with van der Waals surface area (Å²) in [5.41, 5.74) is 1.85. The van der Waals surface area contributed by atoms with E-state index in [2.05, 4.69) is 9.97 Å². The van der Waals surface area contributed by atoms with Crippen LogP contribution in [0.2, 0.25) is 0 Å². The third-order valence-corrected chi connectivity index (χ3v) is 4.59. The van der Waals surface area contributed by atoms with E-state index in [0.29, 0.717) is 16.7 Å². The second-order valence-corrected chi connectivity index (χ2v) is 6.28. The fourth-order valence-corrected chi connectivity index (χ4v) is 3.36. The van der Waals surface area contributed by atoms with Crippen molar-refractivity contribution in [1.29, 1.82) is 0 Å². The van der Waals surface area contributed by atoms with Crippen molar-refractivity contribution in [3.63, 3.8) is 0 Å². The molecule has 27 heavy (non-hydrogen) atoms. The monoisotopic (exact) mass is 361 g/mol. The molecule has 0 bridgehead atoms. The molecule has 1 unspecified atom stereocenters. The number of anilines is 1. The minimum atomic E-state index is -1.10. The molecule has 0 aliphatic carbocycles. The number of fused-ring (bicyclic) bond motifs is 1. The number of nitrogens with zero attached hydrogens (tertiary/aromatic N) is 2. The highest BCUT2D eigenvalue weighted by Crippen LogP contribution is 2.41.